The first-order valence-corrected chi connectivity index (χ1v) is 7.88. The highest BCUT2D eigenvalue weighted by Crippen LogP contribution is 2.32. The predicted molar refractivity (Wildman–Crippen MR) is 86.0 cm³/mol. The van der Waals surface area contributed by atoms with Gasteiger partial charge in [-0.05, 0) is 30.2 Å². The fourth-order valence-corrected chi connectivity index (χ4v) is 3.13. The van der Waals surface area contributed by atoms with E-state index in [1.54, 1.807) is 6.92 Å². The van der Waals surface area contributed by atoms with Crippen molar-refractivity contribution in [2.24, 2.45) is 0 Å². The highest BCUT2D eigenvalue weighted by molar-refractivity contribution is 6.21. The van der Waals surface area contributed by atoms with Crippen LogP contribution < -0.4 is 4.90 Å². The molecule has 0 saturated heterocycles. The number of halogens is 1. The zero-order valence-electron chi connectivity index (χ0n) is 12.7. The summed E-state index contributed by atoms with van der Waals surface area (Å²) in [6, 6.07) is 6.12. The standard InChI is InChI=1S/C16H23ClN2O2/c1-3-18(8-9-20)11-15(17)13-4-5-16-14(10-13)6-7-19(16)12(2)21/h4-5,10,15,20H,3,6-9,11H2,1-2H3. The molecule has 4 nitrogen and oxygen atoms in total. The molecule has 2 rings (SSSR count). The molecule has 0 spiro atoms. The number of alkyl halides is 1. The zero-order chi connectivity index (χ0) is 15.4. The SMILES string of the molecule is CCN(CCO)CC(Cl)c1ccc2c(c1)CCN2C(C)=O. The minimum Gasteiger partial charge on any atom is -0.395 e. The Labute approximate surface area is 131 Å². The molecule has 1 unspecified atom stereocenters. The molecule has 116 valence electrons. The molecule has 0 saturated carbocycles. The number of carbonyl (C=O) groups is 1. The Balaban J connectivity index is 2.10. The molecule has 0 fully saturated rings. The van der Waals surface area contributed by atoms with Gasteiger partial charge in [0.15, 0.2) is 0 Å². The highest BCUT2D eigenvalue weighted by atomic mass is 35.5. The molecule has 1 aliphatic heterocycles. The third-order valence-electron chi connectivity index (χ3n) is 4.02. The van der Waals surface area contributed by atoms with Crippen molar-refractivity contribution in [2.45, 2.75) is 25.6 Å². The maximum atomic E-state index is 11.6. The van der Waals surface area contributed by atoms with Gasteiger partial charge in [0.1, 0.15) is 0 Å². The van der Waals surface area contributed by atoms with Crippen LogP contribution >= 0.6 is 11.6 Å². The molecule has 1 atom stereocenters. The van der Waals surface area contributed by atoms with Crippen molar-refractivity contribution in [1.82, 2.24) is 4.90 Å². The topological polar surface area (TPSA) is 43.8 Å². The Morgan fingerprint density at radius 1 is 1.52 bits per heavy atom. The fourth-order valence-electron chi connectivity index (χ4n) is 2.80. The van der Waals surface area contributed by atoms with Crippen LogP contribution in [0.3, 0.4) is 0 Å². The van der Waals surface area contributed by atoms with E-state index in [4.69, 9.17) is 16.7 Å². The Morgan fingerprint density at radius 2 is 2.29 bits per heavy atom. The number of carbonyl (C=O) groups excluding carboxylic acids is 1. The zero-order valence-corrected chi connectivity index (χ0v) is 13.4. The number of likely N-dealkylation sites (N-methyl/N-ethyl adjacent to an activating group) is 1. The minimum absolute atomic E-state index is 0.0871. The maximum absolute atomic E-state index is 11.6. The molecule has 0 aliphatic carbocycles. The van der Waals surface area contributed by atoms with Crippen molar-refractivity contribution < 1.29 is 9.90 Å². The summed E-state index contributed by atoms with van der Waals surface area (Å²) in [5.74, 6) is 0.0871. The van der Waals surface area contributed by atoms with E-state index in [0.29, 0.717) is 13.1 Å². The van der Waals surface area contributed by atoms with Gasteiger partial charge in [-0.1, -0.05) is 19.1 Å². The second kappa shape index (κ2) is 7.25. The van der Waals surface area contributed by atoms with Crippen molar-refractivity contribution in [3.63, 3.8) is 0 Å². The first-order valence-electron chi connectivity index (χ1n) is 7.45. The molecular weight excluding hydrogens is 288 g/mol. The number of amides is 1. The number of hydrogen-bond donors (Lipinski definition) is 1. The summed E-state index contributed by atoms with van der Waals surface area (Å²) in [5.41, 5.74) is 3.29. The number of fused-ring (bicyclic) bond motifs is 1. The average Bonchev–Trinajstić information content (AvgIpc) is 2.89. The maximum Gasteiger partial charge on any atom is 0.223 e. The van der Waals surface area contributed by atoms with E-state index in [0.717, 1.165) is 30.8 Å². The van der Waals surface area contributed by atoms with Gasteiger partial charge in [-0.15, -0.1) is 11.6 Å². The smallest absolute Gasteiger partial charge is 0.223 e. The van der Waals surface area contributed by atoms with Crippen molar-refractivity contribution in [1.29, 1.82) is 0 Å². The van der Waals surface area contributed by atoms with Gasteiger partial charge < -0.3 is 10.0 Å². The van der Waals surface area contributed by atoms with Crippen LogP contribution in [0.25, 0.3) is 0 Å². The monoisotopic (exact) mass is 310 g/mol. The van der Waals surface area contributed by atoms with E-state index in [2.05, 4.69) is 17.9 Å². The molecule has 21 heavy (non-hydrogen) atoms. The van der Waals surface area contributed by atoms with Crippen LogP contribution in [0.5, 0.6) is 0 Å². The number of rotatable bonds is 6. The second-order valence-corrected chi connectivity index (χ2v) is 5.92. The highest BCUT2D eigenvalue weighted by Gasteiger charge is 2.23. The molecule has 1 heterocycles. The summed E-state index contributed by atoms with van der Waals surface area (Å²) in [5, 5.41) is 8.93. The van der Waals surface area contributed by atoms with Crippen LogP contribution in [-0.2, 0) is 11.2 Å². The predicted octanol–water partition coefficient (Wildman–Crippen LogP) is 2.19. The van der Waals surface area contributed by atoms with E-state index in [-0.39, 0.29) is 17.9 Å². The van der Waals surface area contributed by atoms with Crippen LogP contribution in [0.15, 0.2) is 18.2 Å². The van der Waals surface area contributed by atoms with Gasteiger partial charge in [-0.25, -0.2) is 0 Å². The van der Waals surface area contributed by atoms with Gasteiger partial charge in [-0.2, -0.15) is 0 Å². The van der Waals surface area contributed by atoms with E-state index in [1.807, 2.05) is 17.0 Å². The quantitative estimate of drug-likeness (QED) is 0.819. The van der Waals surface area contributed by atoms with E-state index < -0.39 is 0 Å². The first-order chi connectivity index (χ1) is 10.1. The second-order valence-electron chi connectivity index (χ2n) is 5.39. The lowest BCUT2D eigenvalue weighted by atomic mass is 10.1. The third-order valence-corrected chi connectivity index (χ3v) is 4.41. The summed E-state index contributed by atoms with van der Waals surface area (Å²) in [4.78, 5) is 15.5. The largest absolute Gasteiger partial charge is 0.395 e. The molecule has 1 aliphatic rings. The average molecular weight is 311 g/mol. The van der Waals surface area contributed by atoms with Gasteiger partial charge in [0.2, 0.25) is 5.91 Å². The van der Waals surface area contributed by atoms with Gasteiger partial charge in [0.05, 0.1) is 12.0 Å². The lowest BCUT2D eigenvalue weighted by Crippen LogP contribution is -2.29. The van der Waals surface area contributed by atoms with Crippen LogP contribution in [-0.4, -0.2) is 48.7 Å². The number of aliphatic hydroxyl groups excluding tert-OH is 1. The Morgan fingerprint density at radius 3 is 2.90 bits per heavy atom. The van der Waals surface area contributed by atoms with Crippen LogP contribution in [0, 0.1) is 0 Å². The summed E-state index contributed by atoms with van der Waals surface area (Å²) in [6.45, 7) is 6.79. The molecule has 1 aromatic carbocycles. The lowest BCUT2D eigenvalue weighted by molar-refractivity contribution is -0.116. The van der Waals surface area contributed by atoms with Crippen molar-refractivity contribution in [2.75, 3.05) is 37.7 Å². The summed E-state index contributed by atoms with van der Waals surface area (Å²) < 4.78 is 0. The summed E-state index contributed by atoms with van der Waals surface area (Å²) in [7, 11) is 0. The van der Waals surface area contributed by atoms with E-state index >= 15 is 0 Å². The number of anilines is 1. The van der Waals surface area contributed by atoms with Gasteiger partial charge in [0.25, 0.3) is 0 Å². The number of hydrogen-bond acceptors (Lipinski definition) is 3. The van der Waals surface area contributed by atoms with Crippen LogP contribution in [0.2, 0.25) is 0 Å². The van der Waals surface area contributed by atoms with Gasteiger partial charge >= 0.3 is 0 Å². The van der Waals surface area contributed by atoms with E-state index in [9.17, 15) is 4.79 Å². The molecule has 1 aromatic rings. The summed E-state index contributed by atoms with van der Waals surface area (Å²) in [6.07, 6.45) is 0.889. The fraction of sp³-hybridized carbons (Fsp3) is 0.562. The van der Waals surface area contributed by atoms with E-state index in [1.165, 1.54) is 5.56 Å². The Hall–Kier alpha value is -1.10. The Kier molecular flexibility index (Phi) is 5.62. The van der Waals surface area contributed by atoms with Crippen molar-refractivity contribution in [3.05, 3.63) is 29.3 Å². The van der Waals surface area contributed by atoms with Crippen LogP contribution in [0.4, 0.5) is 5.69 Å². The minimum atomic E-state index is -0.104. The molecular formula is C16H23ClN2O2. The molecule has 0 aromatic heterocycles. The molecule has 0 bridgehead atoms. The number of aliphatic hydroxyl groups is 1. The number of nitrogens with zero attached hydrogens (tertiary/aromatic N) is 2. The molecule has 1 N–H and O–H groups in total. The van der Waals surface area contributed by atoms with Crippen molar-refractivity contribution >= 4 is 23.2 Å². The van der Waals surface area contributed by atoms with Gasteiger partial charge in [0, 0.05) is 32.2 Å². The molecule has 5 heteroatoms. The Bertz CT molecular complexity index is 507. The first kappa shape index (κ1) is 16.3. The molecule has 0 radical (unpaired) electrons. The summed E-state index contributed by atoms with van der Waals surface area (Å²) >= 11 is 6.51. The molecule has 1 amide bonds. The normalized spacial score (nSPS) is 15.4. The lowest BCUT2D eigenvalue weighted by Gasteiger charge is -2.23. The van der Waals surface area contributed by atoms with Gasteiger partial charge in [-0.3, -0.25) is 9.69 Å². The van der Waals surface area contributed by atoms with Crippen molar-refractivity contribution in [3.8, 4) is 0 Å². The van der Waals surface area contributed by atoms with Crippen LogP contribution in [0.1, 0.15) is 30.4 Å². The number of benzene rings is 1. The third kappa shape index (κ3) is 3.76.